The summed E-state index contributed by atoms with van der Waals surface area (Å²) in [4.78, 5) is 23.0. The zero-order chi connectivity index (χ0) is 21.6. The van der Waals surface area contributed by atoms with Crippen molar-refractivity contribution in [2.24, 2.45) is 0 Å². The van der Waals surface area contributed by atoms with E-state index in [9.17, 15) is 13.6 Å². The van der Waals surface area contributed by atoms with E-state index >= 15 is 0 Å². The maximum Gasteiger partial charge on any atom is 0.287 e. The van der Waals surface area contributed by atoms with E-state index in [2.05, 4.69) is 9.97 Å². The predicted octanol–water partition coefficient (Wildman–Crippen LogP) is 4.46. The van der Waals surface area contributed by atoms with Gasteiger partial charge in [0.25, 0.3) is 11.8 Å². The summed E-state index contributed by atoms with van der Waals surface area (Å²) in [6, 6.07) is 14.0. The van der Waals surface area contributed by atoms with Crippen LogP contribution < -0.4 is 4.74 Å². The first-order chi connectivity index (χ1) is 14.9. The van der Waals surface area contributed by atoms with Crippen molar-refractivity contribution in [3.8, 4) is 5.88 Å². The summed E-state index contributed by atoms with van der Waals surface area (Å²) in [7, 11) is 0. The highest BCUT2D eigenvalue weighted by Gasteiger charge is 2.47. The molecule has 6 nitrogen and oxygen atoms in total. The van der Waals surface area contributed by atoms with Crippen molar-refractivity contribution in [1.29, 1.82) is 0 Å². The summed E-state index contributed by atoms with van der Waals surface area (Å²) in [5.41, 5.74) is 1.32. The molecule has 1 unspecified atom stereocenters. The molecule has 1 aromatic carbocycles. The molecular formula is C22H17ClF2N4O2. The molecule has 31 heavy (non-hydrogen) atoms. The molecule has 1 fully saturated rings. The molecule has 0 aliphatic carbocycles. The molecule has 1 aliphatic heterocycles. The number of para-hydroxylation sites is 1. The minimum absolute atomic E-state index is 0.0909. The molecule has 1 amide bonds. The lowest BCUT2D eigenvalue weighted by Gasteiger charge is -2.38. The van der Waals surface area contributed by atoms with E-state index in [1.165, 1.54) is 11.1 Å². The largest absolute Gasteiger partial charge is 0.466 e. The van der Waals surface area contributed by atoms with E-state index in [1.54, 1.807) is 40.9 Å². The van der Waals surface area contributed by atoms with Crippen LogP contribution in [0.4, 0.5) is 8.78 Å². The topological polar surface area (TPSA) is 59.7 Å². The Hall–Kier alpha value is -3.26. The van der Waals surface area contributed by atoms with Crippen LogP contribution in [0.2, 0.25) is 5.15 Å². The number of carbonyl (C=O) groups excluding carboxylic acids is 1. The van der Waals surface area contributed by atoms with Gasteiger partial charge in [0.2, 0.25) is 5.88 Å². The lowest BCUT2D eigenvalue weighted by Crippen LogP contribution is -2.55. The molecule has 1 atom stereocenters. The number of aromatic nitrogens is 3. The average molecular weight is 443 g/mol. The van der Waals surface area contributed by atoms with Gasteiger partial charge in [0, 0.05) is 30.6 Å². The van der Waals surface area contributed by atoms with Crippen LogP contribution >= 0.6 is 11.6 Å². The lowest BCUT2D eigenvalue weighted by atomic mass is 10.0. The van der Waals surface area contributed by atoms with Crippen LogP contribution in [-0.2, 0) is 0 Å². The fourth-order valence-corrected chi connectivity index (χ4v) is 3.94. The highest BCUT2D eigenvalue weighted by molar-refractivity contribution is 6.29. The molecule has 5 rings (SSSR count). The monoisotopic (exact) mass is 442 g/mol. The Bertz CT molecular complexity index is 1290. The first kappa shape index (κ1) is 19.7. The van der Waals surface area contributed by atoms with E-state index in [-0.39, 0.29) is 19.0 Å². The Labute approximate surface area is 181 Å². The van der Waals surface area contributed by atoms with Crippen molar-refractivity contribution >= 4 is 34.1 Å². The molecule has 4 aromatic rings. The molecular weight excluding hydrogens is 426 g/mol. The van der Waals surface area contributed by atoms with E-state index in [0.717, 1.165) is 5.39 Å². The number of alkyl halides is 2. The van der Waals surface area contributed by atoms with E-state index in [4.69, 9.17) is 16.3 Å². The first-order valence-corrected chi connectivity index (χ1v) is 10.1. The highest BCUT2D eigenvalue weighted by Crippen LogP contribution is 2.32. The van der Waals surface area contributed by atoms with Gasteiger partial charge in [-0.3, -0.25) is 9.20 Å². The third kappa shape index (κ3) is 3.57. The summed E-state index contributed by atoms with van der Waals surface area (Å²) in [5, 5.41) is 1.24. The molecule has 0 saturated carbocycles. The van der Waals surface area contributed by atoms with Crippen molar-refractivity contribution in [3.63, 3.8) is 0 Å². The molecule has 9 heteroatoms. The Balaban J connectivity index is 1.41. The van der Waals surface area contributed by atoms with Crippen molar-refractivity contribution in [3.05, 3.63) is 71.6 Å². The average Bonchev–Trinajstić information content (AvgIpc) is 3.15. The van der Waals surface area contributed by atoms with Crippen LogP contribution in [0.5, 0.6) is 5.88 Å². The number of hydrogen-bond acceptors (Lipinski definition) is 4. The van der Waals surface area contributed by atoms with Gasteiger partial charge in [0.1, 0.15) is 5.15 Å². The van der Waals surface area contributed by atoms with Crippen LogP contribution in [0.15, 0.2) is 60.9 Å². The second-order valence-corrected chi connectivity index (χ2v) is 7.79. The van der Waals surface area contributed by atoms with E-state index in [0.29, 0.717) is 21.9 Å². The molecule has 1 saturated heterocycles. The van der Waals surface area contributed by atoms with E-state index in [1.807, 2.05) is 18.2 Å². The Kier molecular flexibility index (Phi) is 4.74. The predicted molar refractivity (Wildman–Crippen MR) is 112 cm³/mol. The van der Waals surface area contributed by atoms with Crippen molar-refractivity contribution in [2.75, 3.05) is 13.1 Å². The number of amides is 1. The van der Waals surface area contributed by atoms with Crippen molar-refractivity contribution in [2.45, 2.75) is 18.4 Å². The van der Waals surface area contributed by atoms with Crippen LogP contribution in [0.1, 0.15) is 16.8 Å². The third-order valence-electron chi connectivity index (χ3n) is 5.42. The Morgan fingerprint density at radius 1 is 1.16 bits per heavy atom. The molecule has 158 valence electrons. The number of hydrogen-bond donors (Lipinski definition) is 0. The normalized spacial score (nSPS) is 18.4. The van der Waals surface area contributed by atoms with Gasteiger partial charge < -0.3 is 9.64 Å². The second kappa shape index (κ2) is 7.46. The van der Waals surface area contributed by atoms with Gasteiger partial charge in [-0.15, -0.1) is 0 Å². The second-order valence-electron chi connectivity index (χ2n) is 7.41. The van der Waals surface area contributed by atoms with Gasteiger partial charge in [-0.1, -0.05) is 29.8 Å². The number of ether oxygens (including phenoxy) is 1. The Morgan fingerprint density at radius 3 is 2.87 bits per heavy atom. The minimum atomic E-state index is -3.09. The molecule has 0 spiro atoms. The smallest absolute Gasteiger partial charge is 0.287 e. The number of imidazole rings is 1. The lowest BCUT2D eigenvalue weighted by molar-refractivity contribution is -0.131. The summed E-state index contributed by atoms with van der Waals surface area (Å²) in [5.74, 6) is -3.39. The zero-order valence-corrected chi connectivity index (χ0v) is 17.0. The van der Waals surface area contributed by atoms with Crippen LogP contribution in [0, 0.1) is 0 Å². The van der Waals surface area contributed by atoms with E-state index < -0.39 is 24.4 Å². The summed E-state index contributed by atoms with van der Waals surface area (Å²) >= 11 is 6.08. The van der Waals surface area contributed by atoms with Gasteiger partial charge >= 0.3 is 0 Å². The maximum atomic E-state index is 14.6. The molecule has 3 aromatic heterocycles. The number of fused-ring (bicyclic) bond motifs is 2. The number of likely N-dealkylation sites (tertiary alicyclic amines) is 1. The van der Waals surface area contributed by atoms with Crippen molar-refractivity contribution < 1.29 is 18.3 Å². The van der Waals surface area contributed by atoms with Gasteiger partial charge in [-0.2, -0.15) is 0 Å². The number of nitrogens with zero attached hydrogens (tertiary/aromatic N) is 4. The zero-order valence-electron chi connectivity index (χ0n) is 16.2. The Morgan fingerprint density at radius 2 is 2.00 bits per heavy atom. The van der Waals surface area contributed by atoms with Crippen LogP contribution in [-0.4, -0.2) is 50.3 Å². The molecule has 4 heterocycles. The molecule has 0 bridgehead atoms. The van der Waals surface area contributed by atoms with Crippen molar-refractivity contribution in [1.82, 2.24) is 19.3 Å². The summed E-state index contributed by atoms with van der Waals surface area (Å²) < 4.78 is 36.4. The SMILES string of the molecule is O=C(c1cccn2c(Cl)cnc12)N1CCC(F)(F)C(Oc2ccc3ccccc3n2)C1. The molecule has 0 radical (unpaired) electrons. The highest BCUT2D eigenvalue weighted by atomic mass is 35.5. The number of rotatable bonds is 3. The number of pyridine rings is 2. The number of benzene rings is 1. The number of halogens is 3. The van der Waals surface area contributed by atoms with Crippen LogP contribution in [0.25, 0.3) is 16.6 Å². The molecule has 0 N–H and O–H groups in total. The minimum Gasteiger partial charge on any atom is -0.466 e. The molecule has 1 aliphatic rings. The van der Waals surface area contributed by atoms with Gasteiger partial charge in [-0.05, 0) is 24.3 Å². The number of carbonyl (C=O) groups is 1. The fraction of sp³-hybridized carbons (Fsp3) is 0.227. The van der Waals surface area contributed by atoms with Gasteiger partial charge in [-0.25, -0.2) is 18.7 Å². The standard InChI is InChI=1S/C22H17ClF2N4O2/c23-18-12-26-20-15(5-3-10-29(18)20)21(30)28-11-9-22(24,25)17(13-28)31-19-8-7-14-4-1-2-6-16(14)27-19/h1-8,10,12,17H,9,11,13H2. The quantitative estimate of drug-likeness (QED) is 0.470. The first-order valence-electron chi connectivity index (χ1n) is 9.73. The fourth-order valence-electron chi connectivity index (χ4n) is 3.75. The van der Waals surface area contributed by atoms with Crippen LogP contribution in [0.3, 0.4) is 0 Å². The van der Waals surface area contributed by atoms with Gasteiger partial charge in [0.05, 0.1) is 23.8 Å². The van der Waals surface area contributed by atoms with Gasteiger partial charge in [0.15, 0.2) is 11.8 Å². The third-order valence-corrected chi connectivity index (χ3v) is 5.70. The number of piperidine rings is 1. The summed E-state index contributed by atoms with van der Waals surface area (Å²) in [6.45, 7) is -0.359. The maximum absolute atomic E-state index is 14.6. The summed E-state index contributed by atoms with van der Waals surface area (Å²) in [6.07, 6.45) is 1.11.